The lowest BCUT2D eigenvalue weighted by molar-refractivity contribution is -0.135. The van der Waals surface area contributed by atoms with Crippen molar-refractivity contribution >= 4 is 22.8 Å². The highest BCUT2D eigenvalue weighted by atomic mass is 16.4. The average molecular weight is 339 g/mol. The van der Waals surface area contributed by atoms with E-state index >= 15 is 0 Å². The number of fused-ring (bicyclic) bond motifs is 2. The Morgan fingerprint density at radius 2 is 2.12 bits per heavy atom. The first kappa shape index (κ1) is 15.4. The summed E-state index contributed by atoms with van der Waals surface area (Å²) in [5, 5.41) is 7.93. The number of hydrogen-bond donors (Lipinski definition) is 1. The summed E-state index contributed by atoms with van der Waals surface area (Å²) in [6.45, 7) is 2.64. The molecule has 1 aliphatic heterocycles. The van der Waals surface area contributed by atoms with Crippen LogP contribution in [-0.4, -0.2) is 32.1 Å². The van der Waals surface area contributed by atoms with Gasteiger partial charge >= 0.3 is 5.76 Å². The number of oxazole rings is 1. The highest BCUT2D eigenvalue weighted by Crippen LogP contribution is 2.22. The molecule has 4 rings (SSSR count). The molecular formula is C17H17N5O3. The van der Waals surface area contributed by atoms with Crippen LogP contribution in [0.4, 0.5) is 5.82 Å². The number of anilines is 1. The molecule has 0 saturated carbocycles. The van der Waals surface area contributed by atoms with Crippen molar-refractivity contribution in [1.82, 2.24) is 19.7 Å². The van der Waals surface area contributed by atoms with Crippen LogP contribution in [0.15, 0.2) is 39.5 Å². The molecule has 25 heavy (non-hydrogen) atoms. The molecule has 8 nitrogen and oxygen atoms in total. The summed E-state index contributed by atoms with van der Waals surface area (Å²) in [5.41, 5.74) is 8.52. The Hall–Kier alpha value is -3.16. The van der Waals surface area contributed by atoms with Crippen LogP contribution >= 0.6 is 0 Å². The number of para-hydroxylation sites is 2. The molecule has 0 fully saturated rings. The maximum absolute atomic E-state index is 12.9. The van der Waals surface area contributed by atoms with Crippen LogP contribution in [-0.2, 0) is 17.8 Å². The number of nitrogens with zero attached hydrogens (tertiary/aromatic N) is 4. The van der Waals surface area contributed by atoms with Gasteiger partial charge in [-0.15, -0.1) is 5.10 Å². The largest absolute Gasteiger partial charge is 0.420 e. The van der Waals surface area contributed by atoms with Gasteiger partial charge in [0.1, 0.15) is 11.9 Å². The van der Waals surface area contributed by atoms with E-state index in [4.69, 9.17) is 10.2 Å². The first-order valence-corrected chi connectivity index (χ1v) is 8.04. The first-order chi connectivity index (χ1) is 12.0. The van der Waals surface area contributed by atoms with Gasteiger partial charge in [-0.2, -0.15) is 5.10 Å². The van der Waals surface area contributed by atoms with Crippen LogP contribution in [0.2, 0.25) is 0 Å². The lowest BCUT2D eigenvalue weighted by Crippen LogP contribution is -2.41. The molecule has 1 atom stereocenters. The number of aromatic nitrogens is 3. The Bertz CT molecular complexity index is 1020. The van der Waals surface area contributed by atoms with Crippen molar-refractivity contribution in [3.05, 3.63) is 52.1 Å². The van der Waals surface area contributed by atoms with Crippen molar-refractivity contribution in [3.63, 3.8) is 0 Å². The third kappa shape index (κ3) is 2.55. The molecule has 2 aromatic heterocycles. The van der Waals surface area contributed by atoms with Crippen LogP contribution in [0.5, 0.6) is 0 Å². The van der Waals surface area contributed by atoms with Crippen molar-refractivity contribution in [1.29, 1.82) is 0 Å². The number of carbonyl (C=O) groups is 1. The quantitative estimate of drug-likeness (QED) is 0.749. The SMILES string of the molecule is C[C@H](C(=O)N1CCc2nnc(N)cc2C1)n1c(=O)oc2ccccc21. The van der Waals surface area contributed by atoms with E-state index in [1.54, 1.807) is 36.1 Å². The maximum Gasteiger partial charge on any atom is 0.420 e. The van der Waals surface area contributed by atoms with Gasteiger partial charge in [0.2, 0.25) is 5.91 Å². The Kier molecular flexibility index (Phi) is 3.52. The van der Waals surface area contributed by atoms with E-state index < -0.39 is 11.8 Å². The molecule has 128 valence electrons. The Balaban J connectivity index is 1.65. The summed E-state index contributed by atoms with van der Waals surface area (Å²) in [5.74, 6) is -0.345. The highest BCUT2D eigenvalue weighted by molar-refractivity contribution is 5.83. The first-order valence-electron chi connectivity index (χ1n) is 8.04. The van der Waals surface area contributed by atoms with E-state index in [0.717, 1.165) is 11.3 Å². The van der Waals surface area contributed by atoms with Gasteiger partial charge in [0, 0.05) is 19.5 Å². The minimum absolute atomic E-state index is 0.144. The fourth-order valence-electron chi connectivity index (χ4n) is 3.26. The molecule has 0 spiro atoms. The number of benzene rings is 1. The number of carbonyl (C=O) groups excluding carboxylic acids is 1. The van der Waals surface area contributed by atoms with Gasteiger partial charge in [0.25, 0.3) is 0 Å². The second kappa shape index (κ2) is 5.73. The number of nitrogens with two attached hydrogens (primary N) is 1. The maximum atomic E-state index is 12.9. The van der Waals surface area contributed by atoms with Gasteiger partial charge in [-0.25, -0.2) is 4.79 Å². The molecule has 0 saturated heterocycles. The normalized spacial score (nSPS) is 15.2. The molecule has 3 aromatic rings. The van der Waals surface area contributed by atoms with Gasteiger partial charge in [0.05, 0.1) is 11.2 Å². The Labute approximate surface area is 142 Å². The smallest absolute Gasteiger partial charge is 0.408 e. The van der Waals surface area contributed by atoms with E-state index in [1.807, 2.05) is 6.07 Å². The number of nitrogen functional groups attached to an aromatic ring is 1. The number of rotatable bonds is 2. The summed E-state index contributed by atoms with van der Waals surface area (Å²) in [6.07, 6.45) is 0.613. The van der Waals surface area contributed by atoms with Crippen LogP contribution in [0.25, 0.3) is 11.1 Å². The predicted octanol–water partition coefficient (Wildman–Crippen LogP) is 1.11. The standard InChI is InChI=1S/C17H17N5O3/c1-10(22-13-4-2-3-5-14(13)25-17(22)24)16(23)21-7-6-12-11(9-21)8-15(18)20-19-12/h2-5,8,10H,6-7,9H2,1H3,(H2,18,20)/t10-/m1/s1. The minimum atomic E-state index is -0.662. The second-order valence-corrected chi connectivity index (χ2v) is 6.13. The van der Waals surface area contributed by atoms with E-state index in [-0.39, 0.29) is 5.91 Å². The van der Waals surface area contributed by atoms with Gasteiger partial charge in [-0.1, -0.05) is 12.1 Å². The van der Waals surface area contributed by atoms with Gasteiger partial charge in [-0.3, -0.25) is 9.36 Å². The molecule has 1 aromatic carbocycles. The molecule has 1 aliphatic rings. The van der Waals surface area contributed by atoms with E-state index in [1.165, 1.54) is 4.57 Å². The molecule has 2 N–H and O–H groups in total. The molecule has 1 amide bonds. The van der Waals surface area contributed by atoms with E-state index in [2.05, 4.69) is 10.2 Å². The lowest BCUT2D eigenvalue weighted by atomic mass is 10.1. The average Bonchev–Trinajstić information content (AvgIpc) is 2.95. The lowest BCUT2D eigenvalue weighted by Gasteiger charge is -2.30. The summed E-state index contributed by atoms with van der Waals surface area (Å²) in [4.78, 5) is 26.9. The zero-order valence-electron chi connectivity index (χ0n) is 13.7. The number of hydrogen-bond acceptors (Lipinski definition) is 6. The minimum Gasteiger partial charge on any atom is -0.408 e. The molecule has 0 bridgehead atoms. The molecule has 3 heterocycles. The van der Waals surface area contributed by atoms with Crippen LogP contribution in [0.1, 0.15) is 24.2 Å². The summed E-state index contributed by atoms with van der Waals surface area (Å²) < 4.78 is 6.63. The zero-order chi connectivity index (χ0) is 17.6. The monoisotopic (exact) mass is 339 g/mol. The summed E-state index contributed by atoms with van der Waals surface area (Å²) in [6, 6.07) is 8.16. The summed E-state index contributed by atoms with van der Waals surface area (Å²) >= 11 is 0. The predicted molar refractivity (Wildman–Crippen MR) is 90.8 cm³/mol. The highest BCUT2D eigenvalue weighted by Gasteiger charge is 2.29. The Morgan fingerprint density at radius 3 is 2.96 bits per heavy atom. The number of amides is 1. The van der Waals surface area contributed by atoms with Crippen molar-refractivity contribution in [2.24, 2.45) is 0 Å². The summed E-state index contributed by atoms with van der Waals surface area (Å²) in [7, 11) is 0. The molecule has 0 unspecified atom stereocenters. The fraction of sp³-hybridized carbons (Fsp3) is 0.294. The zero-order valence-corrected chi connectivity index (χ0v) is 13.7. The molecular weight excluding hydrogens is 322 g/mol. The van der Waals surface area contributed by atoms with Crippen molar-refractivity contribution < 1.29 is 9.21 Å². The van der Waals surface area contributed by atoms with E-state index in [0.29, 0.717) is 36.4 Å². The topological polar surface area (TPSA) is 107 Å². The van der Waals surface area contributed by atoms with Crippen LogP contribution < -0.4 is 11.5 Å². The molecule has 0 aliphatic carbocycles. The van der Waals surface area contributed by atoms with Crippen molar-refractivity contribution in [3.8, 4) is 0 Å². The van der Waals surface area contributed by atoms with Crippen molar-refractivity contribution in [2.75, 3.05) is 12.3 Å². The fourth-order valence-corrected chi connectivity index (χ4v) is 3.26. The van der Waals surface area contributed by atoms with Gasteiger partial charge < -0.3 is 15.1 Å². The Morgan fingerprint density at radius 1 is 1.32 bits per heavy atom. The van der Waals surface area contributed by atoms with Gasteiger partial charge in [0.15, 0.2) is 5.58 Å². The third-order valence-corrected chi connectivity index (χ3v) is 4.53. The molecule has 8 heteroatoms. The van der Waals surface area contributed by atoms with Crippen LogP contribution in [0, 0.1) is 0 Å². The van der Waals surface area contributed by atoms with Crippen molar-refractivity contribution in [2.45, 2.75) is 25.9 Å². The van der Waals surface area contributed by atoms with Gasteiger partial charge in [-0.05, 0) is 30.7 Å². The molecule has 0 radical (unpaired) electrons. The second-order valence-electron chi connectivity index (χ2n) is 6.13. The van der Waals surface area contributed by atoms with E-state index in [9.17, 15) is 9.59 Å². The van der Waals surface area contributed by atoms with Crippen LogP contribution in [0.3, 0.4) is 0 Å². The third-order valence-electron chi connectivity index (χ3n) is 4.53.